The Morgan fingerprint density at radius 2 is 1.69 bits per heavy atom. The molecule has 2 atom stereocenters. The number of nitrogens with one attached hydrogen (secondary N) is 2. The van der Waals surface area contributed by atoms with Gasteiger partial charge < -0.3 is 29.7 Å². The van der Waals surface area contributed by atoms with Gasteiger partial charge in [0.25, 0.3) is 0 Å². The van der Waals surface area contributed by atoms with E-state index >= 15 is 0 Å². The van der Waals surface area contributed by atoms with Crippen LogP contribution in [-0.2, 0) is 24.4 Å². The van der Waals surface area contributed by atoms with E-state index in [2.05, 4.69) is 84.8 Å². The molecule has 2 fully saturated rings. The highest BCUT2D eigenvalue weighted by Gasteiger charge is 2.33. The second kappa shape index (κ2) is 16.8. The second-order valence-electron chi connectivity index (χ2n) is 15.8. The Morgan fingerprint density at radius 3 is 2.42 bits per heavy atom. The number of ether oxygens (including phenoxy) is 3. The van der Waals surface area contributed by atoms with Crippen molar-refractivity contribution in [1.82, 2.24) is 15.5 Å². The molecule has 9 nitrogen and oxygen atoms in total. The summed E-state index contributed by atoms with van der Waals surface area (Å²) in [4.78, 5) is 14.2. The first-order chi connectivity index (χ1) is 26.6. The molecule has 2 saturated heterocycles. The van der Waals surface area contributed by atoms with Crippen LogP contribution in [0.15, 0.2) is 66.7 Å². The highest BCUT2D eigenvalue weighted by Crippen LogP contribution is 2.44. The van der Waals surface area contributed by atoms with Crippen LogP contribution in [0.1, 0.15) is 84.6 Å². The van der Waals surface area contributed by atoms with Crippen LogP contribution >= 0.6 is 11.6 Å². The van der Waals surface area contributed by atoms with Crippen LogP contribution in [-0.4, -0.2) is 49.6 Å². The molecule has 2 N–H and O–H groups in total. The summed E-state index contributed by atoms with van der Waals surface area (Å²) < 4.78 is 19.4. The number of hydrogen-bond acceptors (Lipinski definition) is 8. The topological polar surface area (TPSA) is 120 Å². The van der Waals surface area contributed by atoms with Crippen molar-refractivity contribution in [2.45, 2.75) is 78.2 Å². The van der Waals surface area contributed by atoms with E-state index in [1.807, 2.05) is 12.1 Å². The molecule has 0 aromatic heterocycles. The number of piperidine rings is 1. The minimum atomic E-state index is -0.202. The highest BCUT2D eigenvalue weighted by molar-refractivity contribution is 6.32. The summed E-state index contributed by atoms with van der Waals surface area (Å²) in [5.74, 6) is 2.09. The summed E-state index contributed by atoms with van der Waals surface area (Å²) in [7, 11) is 0. The third-order valence-electron chi connectivity index (χ3n) is 10.8. The van der Waals surface area contributed by atoms with Crippen LogP contribution in [0.25, 0.3) is 11.1 Å². The molecule has 0 unspecified atom stereocenters. The number of halogens is 1. The van der Waals surface area contributed by atoms with Gasteiger partial charge in [0, 0.05) is 56.8 Å². The molecule has 4 aromatic carbocycles. The van der Waals surface area contributed by atoms with Gasteiger partial charge in [-0.1, -0.05) is 55.8 Å². The number of carbonyl (C=O) groups is 1. The lowest BCUT2D eigenvalue weighted by Gasteiger charge is -2.46. The molecule has 1 aliphatic carbocycles. The average Bonchev–Trinajstić information content (AvgIpc) is 3.59. The van der Waals surface area contributed by atoms with Gasteiger partial charge in [-0.05, 0) is 102 Å². The van der Waals surface area contributed by atoms with E-state index in [0.29, 0.717) is 64.7 Å². The Balaban J connectivity index is 1.08. The Morgan fingerprint density at radius 1 is 0.927 bits per heavy atom. The third kappa shape index (κ3) is 9.09. The van der Waals surface area contributed by atoms with Crippen molar-refractivity contribution in [1.29, 1.82) is 10.5 Å². The maximum absolute atomic E-state index is 11.7. The monoisotopic (exact) mass is 757 g/mol. The number of fused-ring (bicyclic) bond motifs is 1. The summed E-state index contributed by atoms with van der Waals surface area (Å²) in [6.07, 6.45) is 3.69. The van der Waals surface area contributed by atoms with Crippen LogP contribution in [0.4, 0.5) is 0 Å². The molecule has 4 aromatic rings. The molecule has 7 rings (SSSR count). The van der Waals surface area contributed by atoms with E-state index in [-0.39, 0.29) is 24.7 Å². The van der Waals surface area contributed by atoms with Crippen molar-refractivity contribution in [2.75, 3.05) is 32.8 Å². The number of nitriles is 2. The van der Waals surface area contributed by atoms with Gasteiger partial charge in [0.1, 0.15) is 30.0 Å². The molecule has 0 spiro atoms. The van der Waals surface area contributed by atoms with E-state index in [1.165, 1.54) is 16.7 Å². The number of rotatable bonds is 14. The minimum absolute atomic E-state index is 0.0638. The van der Waals surface area contributed by atoms with Crippen molar-refractivity contribution in [2.24, 2.45) is 5.41 Å². The van der Waals surface area contributed by atoms with Gasteiger partial charge in [-0.3, -0.25) is 4.79 Å². The van der Waals surface area contributed by atoms with Gasteiger partial charge >= 0.3 is 0 Å². The lowest BCUT2D eigenvalue weighted by Crippen LogP contribution is -2.53. The number of benzene rings is 4. The van der Waals surface area contributed by atoms with Crippen molar-refractivity contribution in [3.8, 4) is 40.5 Å². The molecule has 2 heterocycles. The molecular weight excluding hydrogens is 710 g/mol. The maximum Gasteiger partial charge on any atom is 0.220 e. The fourth-order valence-electron chi connectivity index (χ4n) is 8.17. The second-order valence-corrected chi connectivity index (χ2v) is 16.2. The zero-order chi connectivity index (χ0) is 38.5. The largest absolute Gasteiger partial charge is 0.493 e. The number of hydrogen-bond donors (Lipinski definition) is 2. The predicted molar refractivity (Wildman–Crippen MR) is 213 cm³/mol. The summed E-state index contributed by atoms with van der Waals surface area (Å²) >= 11 is 6.95. The van der Waals surface area contributed by atoms with Crippen LogP contribution < -0.4 is 24.8 Å². The number of carbonyl (C=O) groups excluding carboxylic acids is 1. The van der Waals surface area contributed by atoms with E-state index in [9.17, 15) is 15.3 Å². The van der Waals surface area contributed by atoms with Crippen LogP contribution in [0.5, 0.6) is 17.2 Å². The van der Waals surface area contributed by atoms with Crippen molar-refractivity contribution in [3.05, 3.63) is 111 Å². The minimum Gasteiger partial charge on any atom is -0.493 e. The van der Waals surface area contributed by atoms with Gasteiger partial charge in [0.05, 0.1) is 34.9 Å². The molecule has 284 valence electrons. The number of likely N-dealkylation sites (tertiary alicyclic amines) is 1. The van der Waals surface area contributed by atoms with E-state index in [0.717, 1.165) is 67.8 Å². The Labute approximate surface area is 329 Å². The summed E-state index contributed by atoms with van der Waals surface area (Å²) in [5.41, 5.74) is 8.69. The lowest BCUT2D eigenvalue weighted by atomic mass is 9.84. The van der Waals surface area contributed by atoms with Gasteiger partial charge in [-0.2, -0.15) is 10.5 Å². The first kappa shape index (κ1) is 38.2. The van der Waals surface area contributed by atoms with Gasteiger partial charge in [0.2, 0.25) is 5.91 Å². The molecule has 0 radical (unpaired) electrons. The number of nitrogens with zero attached hydrogens (tertiary/aromatic N) is 3. The summed E-state index contributed by atoms with van der Waals surface area (Å²) in [6, 6.07) is 25.8. The smallest absolute Gasteiger partial charge is 0.220 e. The maximum atomic E-state index is 11.7. The predicted octanol–water partition coefficient (Wildman–Crippen LogP) is 8.18. The third-order valence-corrected chi connectivity index (χ3v) is 11.1. The van der Waals surface area contributed by atoms with E-state index < -0.39 is 0 Å². The molecule has 55 heavy (non-hydrogen) atoms. The Bertz CT molecular complexity index is 2100. The molecule has 0 saturated carbocycles. The zero-order valence-electron chi connectivity index (χ0n) is 31.8. The van der Waals surface area contributed by atoms with E-state index in [4.69, 9.17) is 25.8 Å². The molecule has 2 aliphatic heterocycles. The van der Waals surface area contributed by atoms with Crippen LogP contribution in [0.2, 0.25) is 5.02 Å². The van der Waals surface area contributed by atoms with Gasteiger partial charge in [0.15, 0.2) is 0 Å². The first-order valence-corrected chi connectivity index (χ1v) is 19.6. The molecule has 10 heteroatoms. The first-order valence-electron chi connectivity index (χ1n) is 19.2. The Hall–Kier alpha value is -5.06. The van der Waals surface area contributed by atoms with Crippen molar-refractivity contribution >= 4 is 17.5 Å². The average molecular weight is 758 g/mol. The molecule has 1 amide bonds. The number of amides is 1. The fraction of sp³-hybridized carbons (Fsp3) is 0.400. The van der Waals surface area contributed by atoms with E-state index in [1.54, 1.807) is 18.2 Å². The zero-order valence-corrected chi connectivity index (χ0v) is 32.6. The quantitative estimate of drug-likeness (QED) is 0.124. The highest BCUT2D eigenvalue weighted by atomic mass is 35.5. The molecule has 3 aliphatic rings. The Kier molecular flexibility index (Phi) is 11.6. The van der Waals surface area contributed by atoms with Crippen LogP contribution in [0.3, 0.4) is 0 Å². The normalized spacial score (nSPS) is 18.7. The van der Waals surface area contributed by atoms with Gasteiger partial charge in [-0.25, -0.2) is 0 Å². The standard InChI is InChI=1S/C45H48ClN5O4/c1-29-35(7-5-10-40(29)53-16-6-15-51-27-45(2,3)28-51)36-8-4-9-38-37(36)12-13-41(38)55-43-21-42(54-26-32-18-30(22-47)17-31(19-32)23-48)33(20-39(43)46)24-49-34-11-14-44(52)50-25-34/h4-5,7-10,17-21,34,41,49H,6,11-16,24-28H2,1-3H3,(H,50,52)/t34-,41-/m0/s1. The lowest BCUT2D eigenvalue weighted by molar-refractivity contribution is -0.122. The molecule has 0 bridgehead atoms. The van der Waals surface area contributed by atoms with Crippen LogP contribution in [0, 0.1) is 35.0 Å². The van der Waals surface area contributed by atoms with Gasteiger partial charge in [-0.15, -0.1) is 0 Å². The summed E-state index contributed by atoms with van der Waals surface area (Å²) in [6.45, 7) is 12.0. The fourth-order valence-corrected chi connectivity index (χ4v) is 8.40. The van der Waals surface area contributed by atoms with Crippen molar-refractivity contribution in [3.63, 3.8) is 0 Å². The SMILES string of the molecule is Cc1c(OCCCN2CC(C)(C)C2)cccc1-c1cccc2c1CC[C@@H]2Oc1cc(OCc2cc(C#N)cc(C#N)c2)c(CN[C@H]2CCC(=O)NC2)cc1Cl. The molecular formula is C45H48ClN5O4. The van der Waals surface area contributed by atoms with Crippen molar-refractivity contribution < 1.29 is 19.0 Å². The summed E-state index contributed by atoms with van der Waals surface area (Å²) in [5, 5.41) is 25.9.